The third-order valence-electron chi connectivity index (χ3n) is 6.62. The molecule has 4 rings (SSSR count). The third-order valence-corrected chi connectivity index (χ3v) is 6.62. The van der Waals surface area contributed by atoms with E-state index in [1.807, 2.05) is 6.07 Å². The van der Waals surface area contributed by atoms with E-state index >= 15 is 0 Å². The van der Waals surface area contributed by atoms with Crippen LogP contribution in [0.25, 0.3) is 11.0 Å². The molecule has 0 spiro atoms. The number of rotatable bonds is 8. The lowest BCUT2D eigenvalue weighted by atomic mass is 9.94. The molecule has 222 valence electrons. The Labute approximate surface area is 234 Å². The molecule has 1 fully saturated rings. The van der Waals surface area contributed by atoms with Crippen molar-refractivity contribution in [3.05, 3.63) is 40.2 Å². The van der Waals surface area contributed by atoms with Gasteiger partial charge in [0.25, 0.3) is 0 Å². The largest absolute Gasteiger partial charge is 0.487 e. The van der Waals surface area contributed by atoms with Gasteiger partial charge in [-0.25, -0.2) is 4.79 Å². The predicted octanol–water partition coefficient (Wildman–Crippen LogP) is 1.97. The lowest BCUT2D eigenvalue weighted by Gasteiger charge is -2.46. The van der Waals surface area contributed by atoms with Crippen LogP contribution >= 0.6 is 0 Å². The highest BCUT2D eigenvalue weighted by Crippen LogP contribution is 2.39. The summed E-state index contributed by atoms with van der Waals surface area (Å²) in [4.78, 5) is 59.4. The molecule has 41 heavy (non-hydrogen) atoms. The maximum atomic E-state index is 12.1. The van der Waals surface area contributed by atoms with Gasteiger partial charge in [0.2, 0.25) is 0 Å². The number of fused-ring (bicyclic) bond motifs is 2. The van der Waals surface area contributed by atoms with Crippen LogP contribution in [0.15, 0.2) is 33.5 Å². The number of ether oxygens (including phenoxy) is 7. The Balaban J connectivity index is 1.64. The number of esters is 4. The highest BCUT2D eigenvalue weighted by Gasteiger charge is 2.55. The third kappa shape index (κ3) is 7.03. The topological polar surface area (TPSA) is 163 Å². The summed E-state index contributed by atoms with van der Waals surface area (Å²) in [6.07, 6.45) is -6.68. The summed E-state index contributed by atoms with van der Waals surface area (Å²) in [6, 6.07) is 6.49. The Bertz CT molecular complexity index is 1390. The average molecular weight is 577 g/mol. The van der Waals surface area contributed by atoms with Crippen molar-refractivity contribution in [1.82, 2.24) is 0 Å². The van der Waals surface area contributed by atoms with E-state index in [4.69, 9.17) is 37.6 Å². The highest BCUT2D eigenvalue weighted by molar-refractivity contribution is 5.79. The fourth-order valence-corrected chi connectivity index (χ4v) is 4.85. The van der Waals surface area contributed by atoms with Crippen LogP contribution in [0.4, 0.5) is 0 Å². The molecule has 2 aliphatic heterocycles. The molecule has 1 aromatic carbocycles. The zero-order chi connectivity index (χ0) is 30.1. The van der Waals surface area contributed by atoms with Gasteiger partial charge in [-0.3, -0.25) is 19.2 Å². The Morgan fingerprint density at radius 2 is 1.51 bits per heavy atom. The summed E-state index contributed by atoms with van der Waals surface area (Å²) in [7, 11) is 0. The zero-order valence-corrected chi connectivity index (χ0v) is 23.5. The normalized spacial score (nSPS) is 25.5. The maximum Gasteiger partial charge on any atom is 0.336 e. The second-order valence-corrected chi connectivity index (χ2v) is 10.4. The molecule has 0 saturated carbocycles. The lowest BCUT2D eigenvalue weighted by molar-refractivity contribution is -0.333. The highest BCUT2D eigenvalue weighted by atomic mass is 16.7. The fourth-order valence-electron chi connectivity index (χ4n) is 4.85. The molecular formula is C28H32O13. The van der Waals surface area contributed by atoms with Gasteiger partial charge in [0.15, 0.2) is 24.6 Å². The predicted molar refractivity (Wildman–Crippen MR) is 138 cm³/mol. The standard InChI is InChI=1S/C28H32O13/c1-13(29)34-12-21-24(35-14(2)30)25(36-15(3)31)26(37-16(4)32)27(40-21)41-28(5,6)22-10-18-9-17-7-8-23(33)39-19(17)11-20(18)38-22/h7-9,11,21-22,24-27H,10,12H2,1-6H3/t21-,22-,24-,25+,26-,27+/m1/s1. The van der Waals surface area contributed by atoms with Gasteiger partial charge in [-0.1, -0.05) is 0 Å². The van der Waals surface area contributed by atoms with Gasteiger partial charge in [0.05, 0.1) is 0 Å². The SMILES string of the molecule is CC(=O)OC[C@H]1O[C@@H](OC(C)(C)[C@H]2Cc3cc4ccc(=O)oc4cc3O2)[C@H](OC(C)=O)[C@@H](OC(C)=O)[C@@H]1OC(C)=O. The van der Waals surface area contributed by atoms with Crippen LogP contribution in [0, 0.1) is 0 Å². The van der Waals surface area contributed by atoms with E-state index in [9.17, 15) is 24.0 Å². The van der Waals surface area contributed by atoms with Crippen molar-refractivity contribution in [3.8, 4) is 5.75 Å². The summed E-state index contributed by atoms with van der Waals surface area (Å²) >= 11 is 0. The smallest absolute Gasteiger partial charge is 0.336 e. The van der Waals surface area contributed by atoms with Crippen molar-refractivity contribution >= 4 is 34.8 Å². The fraction of sp³-hybridized carbons (Fsp3) is 0.536. The van der Waals surface area contributed by atoms with Crippen LogP contribution in [-0.2, 0) is 54.0 Å². The minimum absolute atomic E-state index is 0.371. The van der Waals surface area contributed by atoms with Crippen molar-refractivity contribution in [1.29, 1.82) is 0 Å². The molecule has 0 aliphatic carbocycles. The monoisotopic (exact) mass is 576 g/mol. The van der Waals surface area contributed by atoms with Crippen LogP contribution in [0.5, 0.6) is 5.75 Å². The molecular weight excluding hydrogens is 544 g/mol. The average Bonchev–Trinajstić information content (AvgIpc) is 3.28. The summed E-state index contributed by atoms with van der Waals surface area (Å²) in [5.41, 5.74) is -0.375. The number of hydrogen-bond acceptors (Lipinski definition) is 13. The molecule has 2 aliphatic rings. The Morgan fingerprint density at radius 1 is 0.878 bits per heavy atom. The number of hydrogen-bond donors (Lipinski definition) is 0. The molecule has 0 N–H and O–H groups in total. The van der Waals surface area contributed by atoms with Gasteiger partial charge >= 0.3 is 29.5 Å². The number of carbonyl (C=O) groups is 4. The van der Waals surface area contributed by atoms with E-state index in [2.05, 4.69) is 0 Å². The first-order chi connectivity index (χ1) is 19.2. The van der Waals surface area contributed by atoms with Crippen LogP contribution in [0.1, 0.15) is 47.1 Å². The van der Waals surface area contributed by atoms with Gasteiger partial charge in [0.1, 0.15) is 35.7 Å². The quantitative estimate of drug-likeness (QED) is 0.255. The van der Waals surface area contributed by atoms with Gasteiger partial charge in [-0.2, -0.15) is 0 Å². The Kier molecular flexibility index (Phi) is 8.69. The molecule has 13 heteroatoms. The molecule has 2 aromatic rings. The molecule has 0 radical (unpaired) electrons. The first kappa shape index (κ1) is 30.0. The summed E-state index contributed by atoms with van der Waals surface area (Å²) in [5.74, 6) is -2.33. The Morgan fingerprint density at radius 3 is 2.15 bits per heavy atom. The van der Waals surface area contributed by atoms with Crippen LogP contribution in [0.3, 0.4) is 0 Å². The van der Waals surface area contributed by atoms with Crippen molar-refractivity contribution in [2.45, 2.75) is 90.4 Å². The van der Waals surface area contributed by atoms with Crippen molar-refractivity contribution < 1.29 is 56.8 Å². The second-order valence-electron chi connectivity index (χ2n) is 10.4. The molecule has 0 amide bonds. The van der Waals surface area contributed by atoms with E-state index in [0.29, 0.717) is 17.8 Å². The number of carbonyl (C=O) groups excluding carboxylic acids is 4. The van der Waals surface area contributed by atoms with Crippen molar-refractivity contribution in [2.24, 2.45) is 0 Å². The molecule has 3 heterocycles. The van der Waals surface area contributed by atoms with E-state index < -0.39 is 71.9 Å². The molecule has 0 unspecified atom stereocenters. The van der Waals surface area contributed by atoms with Crippen molar-refractivity contribution in [2.75, 3.05) is 6.61 Å². The van der Waals surface area contributed by atoms with Gasteiger partial charge in [-0.05, 0) is 31.5 Å². The van der Waals surface area contributed by atoms with E-state index in [1.165, 1.54) is 13.0 Å². The molecule has 1 saturated heterocycles. The first-order valence-corrected chi connectivity index (χ1v) is 12.9. The first-order valence-electron chi connectivity index (χ1n) is 12.9. The Hall–Kier alpha value is -3.97. The van der Waals surface area contributed by atoms with Crippen molar-refractivity contribution in [3.63, 3.8) is 0 Å². The minimum Gasteiger partial charge on any atom is -0.487 e. The lowest BCUT2D eigenvalue weighted by Crippen LogP contribution is -2.64. The molecule has 6 atom stereocenters. The summed E-state index contributed by atoms with van der Waals surface area (Å²) in [6.45, 7) is 7.72. The maximum absolute atomic E-state index is 12.1. The van der Waals surface area contributed by atoms with Gasteiger partial charge < -0.3 is 37.6 Å². The van der Waals surface area contributed by atoms with Gasteiger partial charge in [0, 0.05) is 51.6 Å². The second kappa shape index (κ2) is 11.9. The van der Waals surface area contributed by atoms with Crippen LogP contribution in [-0.4, -0.2) is 72.9 Å². The molecule has 13 nitrogen and oxygen atoms in total. The molecule has 0 bridgehead atoms. The van der Waals surface area contributed by atoms with E-state index in [-0.39, 0.29) is 6.61 Å². The summed E-state index contributed by atoms with van der Waals surface area (Å²) in [5, 5.41) is 0.728. The van der Waals surface area contributed by atoms with Crippen LogP contribution < -0.4 is 10.4 Å². The van der Waals surface area contributed by atoms with Crippen LogP contribution in [0.2, 0.25) is 0 Å². The zero-order valence-electron chi connectivity index (χ0n) is 23.5. The minimum atomic E-state index is -1.37. The number of benzene rings is 1. The molecule has 1 aromatic heterocycles. The van der Waals surface area contributed by atoms with E-state index in [0.717, 1.165) is 31.7 Å². The summed E-state index contributed by atoms with van der Waals surface area (Å²) < 4.78 is 45.3. The van der Waals surface area contributed by atoms with Gasteiger partial charge in [-0.15, -0.1) is 0 Å². The van der Waals surface area contributed by atoms with E-state index in [1.54, 1.807) is 26.0 Å².